The van der Waals surface area contributed by atoms with E-state index in [0.29, 0.717) is 5.75 Å². The maximum absolute atomic E-state index is 12.3. The second kappa shape index (κ2) is 7.11. The number of amides is 1. The number of carbonyl (C=O) groups is 1. The van der Waals surface area contributed by atoms with Gasteiger partial charge in [0.15, 0.2) is 5.75 Å². The average molecular weight is 341 g/mol. The Balaban J connectivity index is 1.86. The topological polar surface area (TPSA) is 56.5 Å². The van der Waals surface area contributed by atoms with Crippen molar-refractivity contribution in [2.75, 3.05) is 19.8 Å². The highest BCUT2D eigenvalue weighted by molar-refractivity contribution is 7.91. The Labute approximate surface area is 144 Å². The second-order valence-electron chi connectivity index (χ2n) is 5.82. The molecule has 0 spiro atoms. The van der Waals surface area contributed by atoms with Crippen molar-refractivity contribution < 1.29 is 13.8 Å². The molecule has 0 bridgehead atoms. The van der Waals surface area contributed by atoms with Gasteiger partial charge >= 0.3 is 0 Å². The van der Waals surface area contributed by atoms with Crippen LogP contribution >= 0.6 is 0 Å². The molecule has 3 aromatic rings. The number of carbonyl (C=O) groups excluding carboxylic acids is 1. The van der Waals surface area contributed by atoms with Gasteiger partial charge in [-0.05, 0) is 23.3 Å². The first-order valence-corrected chi connectivity index (χ1v) is 9.15. The summed E-state index contributed by atoms with van der Waals surface area (Å²) in [6.07, 6.45) is 0. The van der Waals surface area contributed by atoms with Crippen molar-refractivity contribution >= 4 is 28.1 Å². The monoisotopic (exact) mass is 341 g/mol. The van der Waals surface area contributed by atoms with Crippen molar-refractivity contribution in [3.05, 3.63) is 60.2 Å². The van der Waals surface area contributed by atoms with Crippen molar-refractivity contribution in [2.45, 2.75) is 5.75 Å². The van der Waals surface area contributed by atoms with Crippen LogP contribution in [0.4, 0.5) is 0 Å². The van der Waals surface area contributed by atoms with E-state index in [1.807, 2.05) is 54.6 Å². The van der Waals surface area contributed by atoms with E-state index < -0.39 is 11.2 Å². The fourth-order valence-electron chi connectivity index (χ4n) is 2.49. The standard InChI is InChI=1S/C19H19NO3S/c1-20(2)19(21)13-24(22)12-15-8-3-5-9-16(15)18-11-14-7-4-6-10-17(14)23-18/h3-11H,12-13H2,1-2H3. The molecule has 4 nitrogen and oxygen atoms in total. The third-order valence-corrected chi connectivity index (χ3v) is 5.01. The van der Waals surface area contributed by atoms with Gasteiger partial charge < -0.3 is 13.9 Å². The maximum atomic E-state index is 12.3. The van der Waals surface area contributed by atoms with Gasteiger partial charge in [0.1, 0.15) is 17.1 Å². The van der Waals surface area contributed by atoms with Crippen molar-refractivity contribution in [3.8, 4) is 11.3 Å². The zero-order chi connectivity index (χ0) is 17.1. The Kier molecular flexibility index (Phi) is 4.92. The lowest BCUT2D eigenvalue weighted by Gasteiger charge is -2.15. The van der Waals surface area contributed by atoms with Crippen molar-refractivity contribution in [1.82, 2.24) is 4.90 Å². The molecule has 0 fully saturated rings. The Bertz CT molecular complexity index is 823. The minimum absolute atomic E-state index is 0.0292. The van der Waals surface area contributed by atoms with Crippen LogP contribution in [0.5, 0.6) is 0 Å². The van der Waals surface area contributed by atoms with Crippen LogP contribution in [0.25, 0.3) is 22.3 Å². The molecule has 1 unspecified atom stereocenters. The summed E-state index contributed by atoms with van der Waals surface area (Å²) < 4.78 is 18.2. The van der Waals surface area contributed by atoms with Gasteiger partial charge in [-0.2, -0.15) is 0 Å². The van der Waals surface area contributed by atoms with Crippen molar-refractivity contribution in [2.24, 2.45) is 0 Å². The Morgan fingerprint density at radius 1 is 1.12 bits per heavy atom. The molecule has 0 saturated heterocycles. The quantitative estimate of drug-likeness (QED) is 0.668. The number of fused-ring (bicyclic) bond motifs is 1. The third kappa shape index (κ3) is 3.63. The summed E-state index contributed by atoms with van der Waals surface area (Å²) in [4.78, 5) is 13.2. The van der Waals surface area contributed by atoms with Crippen LogP contribution in [0.1, 0.15) is 5.56 Å². The van der Waals surface area contributed by atoms with E-state index >= 15 is 0 Å². The van der Waals surface area contributed by atoms with E-state index in [0.717, 1.165) is 27.9 Å². The average Bonchev–Trinajstić information content (AvgIpc) is 2.98. The molecule has 3 rings (SSSR count). The predicted molar refractivity (Wildman–Crippen MR) is 97.1 cm³/mol. The van der Waals surface area contributed by atoms with Crippen molar-refractivity contribution in [3.63, 3.8) is 0 Å². The maximum Gasteiger partial charge on any atom is 0.271 e. The molecule has 0 aliphatic rings. The summed E-state index contributed by atoms with van der Waals surface area (Å²) >= 11 is -1.26. The van der Waals surface area contributed by atoms with Gasteiger partial charge in [-0.25, -0.2) is 0 Å². The molecule has 124 valence electrons. The molecular formula is C19H19NO3S. The highest BCUT2D eigenvalue weighted by Gasteiger charge is 2.18. The van der Waals surface area contributed by atoms with Gasteiger partial charge in [0.2, 0.25) is 0 Å². The molecule has 24 heavy (non-hydrogen) atoms. The molecule has 0 saturated carbocycles. The molecule has 5 heteroatoms. The lowest BCUT2D eigenvalue weighted by Crippen LogP contribution is -2.29. The summed E-state index contributed by atoms with van der Waals surface area (Å²) in [7, 11) is 3.34. The van der Waals surface area contributed by atoms with E-state index in [4.69, 9.17) is 4.42 Å². The SMILES string of the molecule is CN(C)C(=O)C[S+]([O-])Cc1ccccc1-c1cc2ccccc2o1. The van der Waals surface area contributed by atoms with E-state index in [1.165, 1.54) is 4.90 Å². The molecule has 0 aliphatic heterocycles. The molecule has 1 heterocycles. The zero-order valence-electron chi connectivity index (χ0n) is 13.7. The minimum Gasteiger partial charge on any atom is -0.616 e. The third-order valence-electron chi connectivity index (χ3n) is 3.81. The van der Waals surface area contributed by atoms with Crippen LogP contribution in [-0.2, 0) is 21.7 Å². The van der Waals surface area contributed by atoms with E-state index in [-0.39, 0.29) is 11.7 Å². The smallest absolute Gasteiger partial charge is 0.271 e. The predicted octanol–water partition coefficient (Wildman–Crippen LogP) is 3.44. The molecule has 2 aromatic carbocycles. The summed E-state index contributed by atoms with van der Waals surface area (Å²) in [6.45, 7) is 0. The van der Waals surface area contributed by atoms with Crippen LogP contribution in [0, 0.1) is 0 Å². The summed E-state index contributed by atoms with van der Waals surface area (Å²) in [5.74, 6) is 0.978. The number of para-hydroxylation sites is 1. The molecule has 1 atom stereocenters. The molecule has 1 aromatic heterocycles. The minimum atomic E-state index is -1.26. The lowest BCUT2D eigenvalue weighted by molar-refractivity contribution is -0.125. The fraction of sp³-hybridized carbons (Fsp3) is 0.211. The molecule has 0 radical (unpaired) electrons. The van der Waals surface area contributed by atoms with Gasteiger partial charge in [-0.15, -0.1) is 0 Å². The highest BCUT2D eigenvalue weighted by atomic mass is 32.2. The Morgan fingerprint density at radius 2 is 1.83 bits per heavy atom. The number of rotatable bonds is 5. The Hall–Kier alpha value is -2.24. The molecule has 0 aliphatic carbocycles. The largest absolute Gasteiger partial charge is 0.616 e. The number of benzene rings is 2. The lowest BCUT2D eigenvalue weighted by atomic mass is 10.1. The van der Waals surface area contributed by atoms with Gasteiger partial charge in [-0.3, -0.25) is 4.79 Å². The first kappa shape index (κ1) is 16.6. The zero-order valence-corrected chi connectivity index (χ0v) is 14.5. The summed E-state index contributed by atoms with van der Waals surface area (Å²) in [6, 6.07) is 17.5. The van der Waals surface area contributed by atoms with Crippen LogP contribution in [0.3, 0.4) is 0 Å². The van der Waals surface area contributed by atoms with Crippen LogP contribution in [0.15, 0.2) is 59.0 Å². The highest BCUT2D eigenvalue weighted by Crippen LogP contribution is 2.30. The first-order chi connectivity index (χ1) is 11.5. The molecule has 1 amide bonds. The van der Waals surface area contributed by atoms with Gasteiger partial charge in [-0.1, -0.05) is 42.5 Å². The molecular weight excluding hydrogens is 322 g/mol. The van der Waals surface area contributed by atoms with E-state index in [2.05, 4.69) is 0 Å². The fourth-order valence-corrected chi connectivity index (χ4v) is 3.73. The van der Waals surface area contributed by atoms with Crippen LogP contribution in [-0.4, -0.2) is 35.2 Å². The van der Waals surface area contributed by atoms with Gasteiger partial charge in [0.25, 0.3) is 5.91 Å². The summed E-state index contributed by atoms with van der Waals surface area (Å²) in [5.41, 5.74) is 2.66. The number of hydrogen-bond acceptors (Lipinski definition) is 3. The van der Waals surface area contributed by atoms with Gasteiger partial charge in [0.05, 0.1) is 0 Å². The van der Waals surface area contributed by atoms with Gasteiger partial charge in [0, 0.05) is 30.6 Å². The number of hydrogen-bond donors (Lipinski definition) is 0. The number of nitrogens with zero attached hydrogens (tertiary/aromatic N) is 1. The molecule has 0 N–H and O–H groups in total. The van der Waals surface area contributed by atoms with Crippen LogP contribution in [0.2, 0.25) is 0 Å². The van der Waals surface area contributed by atoms with Crippen LogP contribution < -0.4 is 0 Å². The normalized spacial score (nSPS) is 12.3. The summed E-state index contributed by atoms with van der Waals surface area (Å²) in [5, 5.41) is 1.03. The Morgan fingerprint density at radius 3 is 2.58 bits per heavy atom. The van der Waals surface area contributed by atoms with Crippen molar-refractivity contribution in [1.29, 1.82) is 0 Å². The van der Waals surface area contributed by atoms with E-state index in [9.17, 15) is 9.35 Å². The second-order valence-corrected chi connectivity index (χ2v) is 7.28. The number of furan rings is 1. The first-order valence-electron chi connectivity index (χ1n) is 7.66. The van der Waals surface area contributed by atoms with E-state index in [1.54, 1.807) is 14.1 Å².